The molecule has 62 heavy (non-hydrogen) atoms. The van der Waals surface area contributed by atoms with Gasteiger partial charge in [-0.1, -0.05) is 72.6 Å². The zero-order valence-electron chi connectivity index (χ0n) is 34.0. The molecule has 11 nitrogen and oxygen atoms in total. The van der Waals surface area contributed by atoms with Gasteiger partial charge in [0.1, 0.15) is 5.69 Å². The number of sulfonamides is 1. The van der Waals surface area contributed by atoms with E-state index in [1.54, 1.807) is 23.9 Å². The quantitative estimate of drug-likeness (QED) is 0.0587. The van der Waals surface area contributed by atoms with Gasteiger partial charge in [0.15, 0.2) is 0 Å². The van der Waals surface area contributed by atoms with E-state index in [1.807, 2.05) is 72.8 Å². The Morgan fingerprint density at radius 1 is 0.823 bits per heavy atom. The lowest BCUT2D eigenvalue weighted by atomic mass is 9.99. The number of nitro benzene ring substituents is 1. The Bertz CT molecular complexity index is 2610. The topological polar surface area (TPSA) is 130 Å². The maximum absolute atomic E-state index is 13.6. The van der Waals surface area contributed by atoms with Gasteiger partial charge in [0, 0.05) is 82.7 Å². The van der Waals surface area contributed by atoms with E-state index >= 15 is 0 Å². The summed E-state index contributed by atoms with van der Waals surface area (Å²) in [6, 6.07) is 37.1. The number of hydrogen-bond acceptors (Lipinski definition) is 9. The molecule has 5 aromatic carbocycles. The van der Waals surface area contributed by atoms with Crippen molar-refractivity contribution in [3.05, 3.63) is 153 Å². The van der Waals surface area contributed by atoms with Crippen LogP contribution in [0.5, 0.6) is 0 Å². The van der Waals surface area contributed by atoms with Gasteiger partial charge >= 0.3 is 0 Å². The molecule has 0 spiro atoms. The molecule has 8 rings (SSSR count). The van der Waals surface area contributed by atoms with Crippen LogP contribution in [-0.4, -0.2) is 71.6 Å². The average Bonchev–Trinajstić information content (AvgIpc) is 3.63. The summed E-state index contributed by atoms with van der Waals surface area (Å²) in [5.74, 6) is -0.153. The van der Waals surface area contributed by atoms with Gasteiger partial charge in [-0.2, -0.15) is 0 Å². The fourth-order valence-electron chi connectivity index (χ4n) is 8.20. The highest BCUT2D eigenvalue weighted by atomic mass is 35.5. The SMILES string of the molecule is Cl.Cl.O=C(NS(=O)(=O)c1ccc(NC(CCN2CCCCC2)CSc2ccccc2)c([N+](=O)[O-])c1)c1ccc2c(c1)cc1n2CCN(Cc2ccccc2-c2ccc(Cl)cc2)C1. The molecule has 0 bridgehead atoms. The molecule has 6 aromatic rings. The van der Waals surface area contributed by atoms with Crippen molar-refractivity contribution < 1.29 is 18.1 Å². The van der Waals surface area contributed by atoms with E-state index in [0.29, 0.717) is 17.3 Å². The van der Waals surface area contributed by atoms with Gasteiger partial charge in [-0.3, -0.25) is 19.8 Å². The van der Waals surface area contributed by atoms with Crippen LogP contribution in [-0.2, 0) is 29.7 Å². The normalized spacial score (nSPS) is 14.9. The van der Waals surface area contributed by atoms with E-state index in [9.17, 15) is 23.3 Å². The van der Waals surface area contributed by atoms with Gasteiger partial charge in [0.2, 0.25) is 0 Å². The molecule has 1 aromatic heterocycles. The Morgan fingerprint density at radius 2 is 1.56 bits per heavy atom. The lowest BCUT2D eigenvalue weighted by molar-refractivity contribution is -0.384. The number of nitrogens with zero attached hydrogens (tertiary/aromatic N) is 4. The lowest BCUT2D eigenvalue weighted by Crippen LogP contribution is -2.35. The van der Waals surface area contributed by atoms with Crippen molar-refractivity contribution in [2.45, 2.75) is 61.2 Å². The van der Waals surface area contributed by atoms with Crippen LogP contribution in [0.1, 0.15) is 47.3 Å². The molecule has 0 saturated carbocycles. The first-order valence-electron chi connectivity index (χ1n) is 20.3. The first-order chi connectivity index (χ1) is 29.1. The summed E-state index contributed by atoms with van der Waals surface area (Å²) in [6.45, 7) is 5.99. The number of fused-ring (bicyclic) bond motifs is 3. The summed E-state index contributed by atoms with van der Waals surface area (Å²) in [4.78, 5) is 30.8. The van der Waals surface area contributed by atoms with Crippen molar-refractivity contribution in [2.24, 2.45) is 0 Å². The Morgan fingerprint density at radius 3 is 2.32 bits per heavy atom. The fraction of sp³-hybridized carbons (Fsp3) is 0.283. The number of carbonyl (C=O) groups is 1. The number of carbonyl (C=O) groups excluding carboxylic acids is 1. The summed E-state index contributed by atoms with van der Waals surface area (Å²) in [6.07, 6.45) is 4.33. The fourth-order valence-corrected chi connectivity index (χ4v) is 10.3. The van der Waals surface area contributed by atoms with Crippen molar-refractivity contribution in [1.29, 1.82) is 0 Å². The minimum absolute atomic E-state index is 0. The maximum atomic E-state index is 13.6. The summed E-state index contributed by atoms with van der Waals surface area (Å²) in [7, 11) is -4.46. The van der Waals surface area contributed by atoms with Crippen molar-refractivity contribution in [1.82, 2.24) is 19.1 Å². The van der Waals surface area contributed by atoms with Crippen LogP contribution >= 0.6 is 48.2 Å². The number of anilines is 1. The van der Waals surface area contributed by atoms with Crippen LogP contribution in [0.25, 0.3) is 22.0 Å². The molecule has 1 saturated heterocycles. The Kier molecular flexibility index (Phi) is 16.0. The van der Waals surface area contributed by atoms with Gasteiger partial charge in [-0.15, -0.1) is 36.6 Å². The molecule has 1 fully saturated rings. The second-order valence-electron chi connectivity index (χ2n) is 15.5. The van der Waals surface area contributed by atoms with Crippen molar-refractivity contribution >= 4 is 86.4 Å². The molecule has 0 radical (unpaired) electrons. The number of hydrogen-bond donors (Lipinski definition) is 2. The van der Waals surface area contributed by atoms with Crippen LogP contribution in [0.3, 0.4) is 0 Å². The number of amides is 1. The summed E-state index contributed by atoms with van der Waals surface area (Å²) in [5, 5.41) is 17.3. The van der Waals surface area contributed by atoms with Crippen LogP contribution in [0.4, 0.5) is 11.4 Å². The van der Waals surface area contributed by atoms with Gasteiger partial charge in [0.05, 0.1) is 9.82 Å². The predicted octanol–water partition coefficient (Wildman–Crippen LogP) is 10.3. The number of nitro groups is 1. The highest BCUT2D eigenvalue weighted by molar-refractivity contribution is 7.99. The molecule has 3 heterocycles. The molecule has 1 atom stereocenters. The average molecular weight is 936 g/mol. The van der Waals surface area contributed by atoms with Gasteiger partial charge in [-0.25, -0.2) is 13.1 Å². The Hall–Kier alpha value is -4.60. The highest BCUT2D eigenvalue weighted by Gasteiger charge is 2.27. The number of benzene rings is 5. The second-order valence-corrected chi connectivity index (χ2v) is 18.7. The van der Waals surface area contributed by atoms with Gasteiger partial charge in [-0.05, 0) is 110 Å². The number of piperidine rings is 1. The van der Waals surface area contributed by atoms with E-state index < -0.39 is 20.9 Å². The first kappa shape index (κ1) is 46.9. The van der Waals surface area contributed by atoms with Crippen molar-refractivity contribution in [2.75, 3.05) is 37.2 Å². The standard InChI is InChI=1S/C46H47ClN6O5S2.2ClH/c47-37-16-13-33(14-17-37)42-12-6-5-9-35(42)30-51-25-26-52-39(31-51)28-36-27-34(15-20-44(36)52)46(54)49-60(57,58)41-18-19-43(45(29-41)53(55)56)48-38(21-24-50-22-7-2-8-23-50)32-59-40-10-3-1-4-11-40;;/h1,3-6,9-20,27-29,38,48H,2,7-8,21-26,30-32H2,(H,49,54);2*1H. The molecule has 16 heteroatoms. The van der Waals surface area contributed by atoms with Crippen LogP contribution < -0.4 is 10.0 Å². The Labute approximate surface area is 384 Å². The third-order valence-corrected chi connectivity index (χ3v) is 14.1. The monoisotopic (exact) mass is 934 g/mol. The minimum atomic E-state index is -4.46. The number of aromatic nitrogens is 1. The molecular formula is C46H49Cl3N6O5S2. The smallest absolute Gasteiger partial charge is 0.293 e. The summed E-state index contributed by atoms with van der Waals surface area (Å²) < 4.78 is 31.6. The van der Waals surface area contributed by atoms with Gasteiger partial charge in [0.25, 0.3) is 21.6 Å². The van der Waals surface area contributed by atoms with E-state index in [-0.39, 0.29) is 52.7 Å². The molecular weight excluding hydrogens is 887 g/mol. The number of thioether (sulfide) groups is 1. The van der Waals surface area contributed by atoms with E-state index in [1.165, 1.54) is 37.0 Å². The van der Waals surface area contributed by atoms with E-state index in [4.69, 9.17) is 11.6 Å². The predicted molar refractivity (Wildman–Crippen MR) is 255 cm³/mol. The number of likely N-dealkylation sites (tertiary alicyclic amines) is 1. The summed E-state index contributed by atoms with van der Waals surface area (Å²) in [5.41, 5.74) is 5.57. The summed E-state index contributed by atoms with van der Waals surface area (Å²) >= 11 is 7.82. The zero-order valence-corrected chi connectivity index (χ0v) is 38.0. The minimum Gasteiger partial charge on any atom is -0.376 e. The zero-order chi connectivity index (χ0) is 41.6. The lowest BCUT2D eigenvalue weighted by Gasteiger charge is -2.29. The molecule has 0 aliphatic carbocycles. The van der Waals surface area contributed by atoms with Crippen LogP contribution in [0, 0.1) is 10.1 Å². The largest absolute Gasteiger partial charge is 0.376 e. The third kappa shape index (κ3) is 11.3. The van der Waals surface area contributed by atoms with E-state index in [0.717, 1.165) is 84.4 Å². The van der Waals surface area contributed by atoms with Crippen molar-refractivity contribution in [3.8, 4) is 11.1 Å². The number of halogens is 3. The molecule has 1 unspecified atom stereocenters. The van der Waals surface area contributed by atoms with Gasteiger partial charge < -0.3 is 14.8 Å². The second kappa shape index (κ2) is 21.2. The third-order valence-electron chi connectivity index (χ3n) is 11.3. The highest BCUT2D eigenvalue weighted by Crippen LogP contribution is 2.32. The van der Waals surface area contributed by atoms with Crippen molar-refractivity contribution in [3.63, 3.8) is 0 Å². The number of nitrogens with one attached hydrogen (secondary N) is 2. The molecule has 2 aliphatic heterocycles. The maximum Gasteiger partial charge on any atom is 0.293 e. The molecule has 326 valence electrons. The van der Waals surface area contributed by atoms with Crippen LogP contribution in [0.2, 0.25) is 5.02 Å². The first-order valence-corrected chi connectivity index (χ1v) is 23.1. The van der Waals surface area contributed by atoms with E-state index in [2.05, 4.69) is 42.6 Å². The molecule has 2 aliphatic rings. The van der Waals surface area contributed by atoms with Crippen LogP contribution in [0.15, 0.2) is 131 Å². The Balaban J connectivity index is 0.00000321. The molecule has 1 amide bonds. The number of rotatable bonds is 15. The molecule has 2 N–H and O–H groups in total.